The van der Waals surface area contributed by atoms with E-state index >= 15 is 0 Å². The Balaban J connectivity index is 1.79. The Kier molecular flexibility index (Phi) is 6.28. The van der Waals surface area contributed by atoms with Crippen molar-refractivity contribution >= 4 is 35.5 Å². The van der Waals surface area contributed by atoms with E-state index in [1.807, 2.05) is 10.9 Å². The predicted molar refractivity (Wildman–Crippen MR) is 113 cm³/mol. The maximum absolute atomic E-state index is 13.2. The smallest absolute Gasteiger partial charge is 0.171 e. The molecule has 3 aromatic heterocycles. The summed E-state index contributed by atoms with van der Waals surface area (Å²) in [5.41, 5.74) is 1.86. The van der Waals surface area contributed by atoms with E-state index in [0.29, 0.717) is 47.8 Å². The van der Waals surface area contributed by atoms with Gasteiger partial charge in [0, 0.05) is 30.7 Å². The van der Waals surface area contributed by atoms with E-state index in [4.69, 9.17) is 5.10 Å². The van der Waals surface area contributed by atoms with E-state index in [1.54, 1.807) is 12.3 Å². The fraction of sp³-hybridized carbons (Fsp3) is 0.450. The summed E-state index contributed by atoms with van der Waals surface area (Å²) in [6, 6.07) is 4.06. The standard InChI is InChI=1S/C20H22FN7OS/c21-30-28-10-7-15-18(24-13-25-20(15)28)16-12-27(26-19(16)23-9-3-11-29)17(6-8-22)14-4-1-2-5-14/h7,10-14,17H,1-6,9H2,(H,23,26). The minimum Gasteiger partial charge on any atom is -0.368 e. The van der Waals surface area contributed by atoms with Crippen LogP contribution in [0.25, 0.3) is 22.3 Å². The number of aldehydes is 1. The third kappa shape index (κ3) is 3.89. The van der Waals surface area contributed by atoms with Crippen LogP contribution in [-0.4, -0.2) is 36.6 Å². The molecule has 0 bridgehead atoms. The van der Waals surface area contributed by atoms with Crippen LogP contribution in [0.2, 0.25) is 0 Å². The molecule has 0 aromatic carbocycles. The second-order valence-corrected chi connectivity index (χ2v) is 7.93. The number of carbonyl (C=O) groups is 1. The van der Waals surface area contributed by atoms with E-state index in [-0.39, 0.29) is 18.4 Å². The molecule has 1 aliphatic rings. The molecule has 0 radical (unpaired) electrons. The van der Waals surface area contributed by atoms with Gasteiger partial charge in [-0.2, -0.15) is 10.4 Å². The van der Waals surface area contributed by atoms with E-state index in [0.717, 1.165) is 24.7 Å². The SMILES string of the molecule is N#CCC(C1CCCC1)n1cc(-c2ncnc3c2ccn3SF)c(NCCC=O)n1. The lowest BCUT2D eigenvalue weighted by Crippen LogP contribution is -2.18. The summed E-state index contributed by atoms with van der Waals surface area (Å²) in [5.74, 6) is 1.01. The monoisotopic (exact) mass is 427 g/mol. The van der Waals surface area contributed by atoms with Crippen LogP contribution in [0.5, 0.6) is 0 Å². The van der Waals surface area contributed by atoms with Crippen molar-refractivity contribution in [3.05, 3.63) is 24.8 Å². The highest BCUT2D eigenvalue weighted by Gasteiger charge is 2.28. The quantitative estimate of drug-likeness (QED) is 0.401. The molecule has 0 saturated heterocycles. The first-order valence-electron chi connectivity index (χ1n) is 10.0. The number of carbonyl (C=O) groups excluding carboxylic acids is 1. The van der Waals surface area contributed by atoms with Gasteiger partial charge in [-0.05, 0) is 24.8 Å². The van der Waals surface area contributed by atoms with E-state index in [9.17, 15) is 13.9 Å². The zero-order chi connectivity index (χ0) is 20.9. The summed E-state index contributed by atoms with van der Waals surface area (Å²) < 4.78 is 16.4. The number of halogens is 1. The van der Waals surface area contributed by atoms with Gasteiger partial charge >= 0.3 is 0 Å². The Bertz CT molecular complexity index is 1070. The van der Waals surface area contributed by atoms with Crippen LogP contribution in [0.15, 0.2) is 24.8 Å². The van der Waals surface area contributed by atoms with Crippen molar-refractivity contribution in [2.75, 3.05) is 11.9 Å². The summed E-state index contributed by atoms with van der Waals surface area (Å²) >= 11 is 0.0784. The molecule has 0 spiro atoms. The van der Waals surface area contributed by atoms with Crippen LogP contribution >= 0.6 is 12.3 Å². The summed E-state index contributed by atoms with van der Waals surface area (Å²) in [6.07, 6.45) is 11.0. The highest BCUT2D eigenvalue weighted by atomic mass is 32.2. The highest BCUT2D eigenvalue weighted by Crippen LogP contribution is 2.39. The third-order valence-corrected chi connectivity index (χ3v) is 6.09. The number of rotatable bonds is 9. The summed E-state index contributed by atoms with van der Waals surface area (Å²) in [6.45, 7) is 0.440. The number of fused-ring (bicyclic) bond motifs is 1. The summed E-state index contributed by atoms with van der Waals surface area (Å²) in [4.78, 5) is 19.4. The molecule has 156 valence electrons. The third-order valence-electron chi connectivity index (χ3n) is 5.65. The van der Waals surface area contributed by atoms with Crippen LogP contribution in [0, 0.1) is 17.2 Å². The Morgan fingerprint density at radius 3 is 2.97 bits per heavy atom. The van der Waals surface area contributed by atoms with E-state index < -0.39 is 0 Å². The molecule has 0 aliphatic heterocycles. The van der Waals surface area contributed by atoms with Crippen molar-refractivity contribution in [3.63, 3.8) is 0 Å². The van der Waals surface area contributed by atoms with Gasteiger partial charge in [0.25, 0.3) is 0 Å². The van der Waals surface area contributed by atoms with Crippen LogP contribution in [0.3, 0.4) is 0 Å². The number of hydrogen-bond donors (Lipinski definition) is 1. The first kappa shape index (κ1) is 20.3. The van der Waals surface area contributed by atoms with Gasteiger partial charge in [0.15, 0.2) is 23.8 Å². The topological polar surface area (TPSA) is 101 Å². The normalized spacial score (nSPS) is 15.3. The number of aromatic nitrogens is 5. The van der Waals surface area contributed by atoms with Crippen molar-refractivity contribution in [1.82, 2.24) is 23.7 Å². The van der Waals surface area contributed by atoms with Crippen LogP contribution < -0.4 is 5.32 Å². The van der Waals surface area contributed by atoms with Gasteiger partial charge < -0.3 is 10.1 Å². The number of nitrogens with zero attached hydrogens (tertiary/aromatic N) is 6. The average Bonchev–Trinajstić information content (AvgIpc) is 3.51. The molecule has 8 nitrogen and oxygen atoms in total. The molecular formula is C20H22FN7OS. The molecule has 4 rings (SSSR count). The van der Waals surface area contributed by atoms with Crippen molar-refractivity contribution < 1.29 is 8.68 Å². The molecule has 1 fully saturated rings. The minimum atomic E-state index is -0.0128. The number of anilines is 1. The zero-order valence-electron chi connectivity index (χ0n) is 16.4. The largest absolute Gasteiger partial charge is 0.368 e. The van der Waals surface area contributed by atoms with Crippen LogP contribution in [0.1, 0.15) is 44.6 Å². The second kappa shape index (κ2) is 9.26. The lowest BCUT2D eigenvalue weighted by molar-refractivity contribution is -0.107. The van der Waals surface area contributed by atoms with Crippen molar-refractivity contribution in [1.29, 1.82) is 5.26 Å². The van der Waals surface area contributed by atoms with Gasteiger partial charge in [-0.3, -0.25) is 4.68 Å². The lowest BCUT2D eigenvalue weighted by Gasteiger charge is -2.21. The molecule has 1 saturated carbocycles. The first-order valence-corrected chi connectivity index (χ1v) is 10.7. The Labute approximate surface area is 177 Å². The fourth-order valence-corrected chi connectivity index (χ4v) is 4.54. The second-order valence-electron chi connectivity index (χ2n) is 7.40. The molecule has 1 aliphatic carbocycles. The Morgan fingerprint density at radius 1 is 1.40 bits per heavy atom. The van der Waals surface area contributed by atoms with Gasteiger partial charge in [-0.15, -0.1) is 3.89 Å². The maximum Gasteiger partial charge on any atom is 0.171 e. The van der Waals surface area contributed by atoms with Crippen LogP contribution in [-0.2, 0) is 4.79 Å². The molecule has 3 heterocycles. The average molecular weight is 428 g/mol. The summed E-state index contributed by atoms with van der Waals surface area (Å²) in [5, 5.41) is 18.1. The van der Waals surface area contributed by atoms with Crippen molar-refractivity contribution in [3.8, 4) is 17.3 Å². The molecular weight excluding hydrogens is 405 g/mol. The molecule has 0 amide bonds. The molecule has 3 aromatic rings. The Hall–Kier alpha value is -2.93. The van der Waals surface area contributed by atoms with Gasteiger partial charge in [-0.1, -0.05) is 12.8 Å². The predicted octanol–water partition coefficient (Wildman–Crippen LogP) is 4.32. The summed E-state index contributed by atoms with van der Waals surface area (Å²) in [7, 11) is 0. The molecule has 10 heteroatoms. The Morgan fingerprint density at radius 2 is 2.23 bits per heavy atom. The lowest BCUT2D eigenvalue weighted by atomic mass is 9.96. The molecule has 30 heavy (non-hydrogen) atoms. The number of nitriles is 1. The molecule has 1 N–H and O–H groups in total. The number of hydrogen-bond acceptors (Lipinski definition) is 7. The van der Waals surface area contributed by atoms with Crippen molar-refractivity contribution in [2.24, 2.45) is 5.92 Å². The van der Waals surface area contributed by atoms with Gasteiger partial charge in [-0.25, -0.2) is 13.9 Å². The van der Waals surface area contributed by atoms with E-state index in [2.05, 4.69) is 21.4 Å². The zero-order valence-corrected chi connectivity index (χ0v) is 17.2. The van der Waals surface area contributed by atoms with Crippen LogP contribution in [0.4, 0.5) is 9.70 Å². The minimum absolute atomic E-state index is 0.0128. The van der Waals surface area contributed by atoms with Crippen molar-refractivity contribution in [2.45, 2.75) is 44.6 Å². The van der Waals surface area contributed by atoms with Gasteiger partial charge in [0.05, 0.1) is 29.8 Å². The van der Waals surface area contributed by atoms with E-state index in [1.165, 1.54) is 23.1 Å². The molecule has 1 atom stereocenters. The van der Waals surface area contributed by atoms with Gasteiger partial charge in [0.2, 0.25) is 0 Å². The fourth-order valence-electron chi connectivity index (χ4n) is 4.23. The molecule has 1 unspecified atom stereocenters. The van der Waals surface area contributed by atoms with Gasteiger partial charge in [0.1, 0.15) is 12.6 Å². The first-order chi connectivity index (χ1) is 14.8. The highest BCUT2D eigenvalue weighted by molar-refractivity contribution is 7.92. The number of nitrogens with one attached hydrogen (secondary N) is 1. The maximum atomic E-state index is 13.2.